The molecule has 0 radical (unpaired) electrons. The van der Waals surface area contributed by atoms with Gasteiger partial charge in [0, 0.05) is 12.3 Å². The Balaban J connectivity index is 2.41. The van der Waals surface area contributed by atoms with Crippen molar-refractivity contribution < 1.29 is 9.90 Å². The molecule has 13 heavy (non-hydrogen) atoms. The molecule has 0 aliphatic heterocycles. The van der Waals surface area contributed by atoms with Crippen molar-refractivity contribution in [2.24, 2.45) is 11.3 Å². The Morgan fingerprint density at radius 2 is 2.00 bits per heavy atom. The zero-order valence-electron chi connectivity index (χ0n) is 8.84. The van der Waals surface area contributed by atoms with Gasteiger partial charge in [-0.3, -0.25) is 4.79 Å². The van der Waals surface area contributed by atoms with Crippen LogP contribution >= 0.6 is 0 Å². The van der Waals surface area contributed by atoms with E-state index in [9.17, 15) is 9.90 Å². The highest BCUT2D eigenvalue weighted by atomic mass is 16.3. The van der Waals surface area contributed by atoms with Gasteiger partial charge in [-0.25, -0.2) is 0 Å². The van der Waals surface area contributed by atoms with E-state index < -0.39 is 0 Å². The number of hydrogen-bond acceptors (Lipinski definition) is 2. The predicted molar refractivity (Wildman–Crippen MR) is 52.4 cm³/mol. The quantitative estimate of drug-likeness (QED) is 0.714. The second-order valence-corrected chi connectivity index (χ2v) is 5.37. The topological polar surface area (TPSA) is 37.3 Å². The highest BCUT2D eigenvalue weighted by Gasteiger charge is 2.30. The van der Waals surface area contributed by atoms with Crippen molar-refractivity contribution in [2.45, 2.75) is 52.6 Å². The van der Waals surface area contributed by atoms with Crippen LogP contribution in [-0.2, 0) is 4.79 Å². The minimum absolute atomic E-state index is 0.0879. The molecule has 0 amide bonds. The molecule has 1 aliphatic carbocycles. The van der Waals surface area contributed by atoms with Crippen LogP contribution < -0.4 is 0 Å². The molecule has 0 aromatic carbocycles. The molecule has 0 unspecified atom stereocenters. The lowest BCUT2D eigenvalue weighted by Gasteiger charge is -2.19. The summed E-state index contributed by atoms with van der Waals surface area (Å²) in [5.74, 6) is 0.471. The summed E-state index contributed by atoms with van der Waals surface area (Å²) in [4.78, 5) is 11.7. The number of ketones is 1. The van der Waals surface area contributed by atoms with E-state index in [1.165, 1.54) is 0 Å². The van der Waals surface area contributed by atoms with Crippen LogP contribution in [0.1, 0.15) is 46.5 Å². The van der Waals surface area contributed by atoms with Crippen molar-refractivity contribution in [3.8, 4) is 0 Å². The van der Waals surface area contributed by atoms with Gasteiger partial charge >= 0.3 is 0 Å². The average Bonchev–Trinajstić information content (AvgIpc) is 2.31. The summed E-state index contributed by atoms with van der Waals surface area (Å²) in [5, 5.41) is 9.29. The maximum absolute atomic E-state index is 11.7. The molecular formula is C11H20O2. The van der Waals surface area contributed by atoms with Crippen molar-refractivity contribution in [2.75, 3.05) is 0 Å². The molecule has 1 fully saturated rings. The molecule has 0 spiro atoms. The molecule has 2 heteroatoms. The fourth-order valence-electron chi connectivity index (χ4n) is 1.92. The van der Waals surface area contributed by atoms with E-state index in [2.05, 4.69) is 20.8 Å². The monoisotopic (exact) mass is 184 g/mol. The number of carbonyl (C=O) groups is 1. The Morgan fingerprint density at radius 3 is 2.38 bits per heavy atom. The molecule has 1 saturated carbocycles. The van der Waals surface area contributed by atoms with E-state index in [-0.39, 0.29) is 17.4 Å². The highest BCUT2D eigenvalue weighted by molar-refractivity contribution is 5.81. The minimum Gasteiger partial charge on any atom is -0.393 e. The van der Waals surface area contributed by atoms with Crippen LogP contribution in [0.5, 0.6) is 0 Å². The smallest absolute Gasteiger partial charge is 0.136 e. The standard InChI is InChI=1S/C11H20O2/c1-11(2,3)7-10(13)8-4-5-9(12)6-8/h8-9,12H,4-7H2,1-3H3/t8-,9-/m0/s1. The second kappa shape index (κ2) is 3.79. The van der Waals surface area contributed by atoms with Gasteiger partial charge in [0.05, 0.1) is 6.10 Å². The summed E-state index contributed by atoms with van der Waals surface area (Å²) in [6, 6.07) is 0. The summed E-state index contributed by atoms with van der Waals surface area (Å²) < 4.78 is 0. The van der Waals surface area contributed by atoms with Crippen molar-refractivity contribution in [1.82, 2.24) is 0 Å². The molecule has 0 aromatic rings. The predicted octanol–water partition coefficient (Wildman–Crippen LogP) is 2.15. The van der Waals surface area contributed by atoms with Crippen LogP contribution in [-0.4, -0.2) is 17.0 Å². The summed E-state index contributed by atoms with van der Waals surface area (Å²) >= 11 is 0. The van der Waals surface area contributed by atoms with Crippen LogP contribution in [0.25, 0.3) is 0 Å². The number of rotatable bonds is 2. The van der Waals surface area contributed by atoms with Crippen molar-refractivity contribution in [3.63, 3.8) is 0 Å². The first-order chi connectivity index (χ1) is 5.88. The fraction of sp³-hybridized carbons (Fsp3) is 0.909. The van der Waals surface area contributed by atoms with Gasteiger partial charge in [-0.1, -0.05) is 20.8 Å². The number of aliphatic hydroxyl groups is 1. The van der Waals surface area contributed by atoms with Gasteiger partial charge in [0.2, 0.25) is 0 Å². The van der Waals surface area contributed by atoms with Crippen molar-refractivity contribution in [3.05, 3.63) is 0 Å². The fourth-order valence-corrected chi connectivity index (χ4v) is 1.92. The molecule has 2 nitrogen and oxygen atoms in total. The lowest BCUT2D eigenvalue weighted by Crippen LogP contribution is -2.19. The molecule has 0 aromatic heterocycles. The molecule has 76 valence electrons. The van der Waals surface area contributed by atoms with Crippen LogP contribution in [0.2, 0.25) is 0 Å². The summed E-state index contributed by atoms with van der Waals surface area (Å²) in [6.45, 7) is 6.24. The third-order valence-corrected chi connectivity index (χ3v) is 2.56. The van der Waals surface area contributed by atoms with E-state index in [1.807, 2.05) is 0 Å². The maximum Gasteiger partial charge on any atom is 0.136 e. The van der Waals surface area contributed by atoms with Crippen LogP contribution in [0.3, 0.4) is 0 Å². The van der Waals surface area contributed by atoms with Gasteiger partial charge in [0.1, 0.15) is 5.78 Å². The summed E-state index contributed by atoms with van der Waals surface area (Å²) in [7, 11) is 0. The minimum atomic E-state index is -0.228. The maximum atomic E-state index is 11.7. The van der Waals surface area contributed by atoms with Crippen molar-refractivity contribution >= 4 is 5.78 Å². The summed E-state index contributed by atoms with van der Waals surface area (Å²) in [5.41, 5.74) is 0.0879. The van der Waals surface area contributed by atoms with Gasteiger partial charge in [-0.2, -0.15) is 0 Å². The Hall–Kier alpha value is -0.370. The van der Waals surface area contributed by atoms with E-state index >= 15 is 0 Å². The molecule has 0 saturated heterocycles. The largest absolute Gasteiger partial charge is 0.393 e. The molecule has 2 atom stereocenters. The van der Waals surface area contributed by atoms with Gasteiger partial charge in [0.15, 0.2) is 0 Å². The Bertz CT molecular complexity index is 191. The zero-order chi connectivity index (χ0) is 10.1. The number of aliphatic hydroxyl groups excluding tert-OH is 1. The Morgan fingerprint density at radius 1 is 1.38 bits per heavy atom. The third kappa shape index (κ3) is 3.47. The third-order valence-electron chi connectivity index (χ3n) is 2.56. The average molecular weight is 184 g/mol. The second-order valence-electron chi connectivity index (χ2n) is 5.37. The number of Topliss-reactive ketones (excluding diaryl/α,β-unsaturated/α-hetero) is 1. The van der Waals surface area contributed by atoms with E-state index in [0.29, 0.717) is 18.6 Å². The van der Waals surface area contributed by atoms with Gasteiger partial charge < -0.3 is 5.11 Å². The highest BCUT2D eigenvalue weighted by Crippen LogP contribution is 2.30. The zero-order valence-corrected chi connectivity index (χ0v) is 8.84. The van der Waals surface area contributed by atoms with E-state index in [0.717, 1.165) is 12.8 Å². The molecular weight excluding hydrogens is 164 g/mol. The first kappa shape index (κ1) is 10.7. The molecule has 1 N–H and O–H groups in total. The SMILES string of the molecule is CC(C)(C)CC(=O)[C@H]1CC[C@H](O)C1. The Kier molecular flexibility index (Phi) is 3.12. The van der Waals surface area contributed by atoms with E-state index in [4.69, 9.17) is 0 Å². The van der Waals surface area contributed by atoms with Gasteiger partial charge in [0.25, 0.3) is 0 Å². The molecule has 1 rings (SSSR count). The molecule has 0 bridgehead atoms. The van der Waals surface area contributed by atoms with Crippen LogP contribution in [0.15, 0.2) is 0 Å². The number of carbonyl (C=O) groups excluding carboxylic acids is 1. The van der Waals surface area contributed by atoms with Crippen LogP contribution in [0, 0.1) is 11.3 Å². The lowest BCUT2D eigenvalue weighted by atomic mass is 9.85. The summed E-state index contributed by atoms with van der Waals surface area (Å²) in [6.07, 6.45) is 2.80. The molecule has 1 aliphatic rings. The number of hydrogen-bond donors (Lipinski definition) is 1. The molecule has 0 heterocycles. The Labute approximate surface area is 80.3 Å². The first-order valence-corrected chi connectivity index (χ1v) is 5.09. The van der Waals surface area contributed by atoms with E-state index in [1.54, 1.807) is 0 Å². The van der Waals surface area contributed by atoms with Gasteiger partial charge in [-0.05, 0) is 24.7 Å². The van der Waals surface area contributed by atoms with Gasteiger partial charge in [-0.15, -0.1) is 0 Å². The van der Waals surface area contributed by atoms with Crippen molar-refractivity contribution in [1.29, 1.82) is 0 Å². The normalized spacial score (nSPS) is 29.2. The van der Waals surface area contributed by atoms with Crippen LogP contribution in [0.4, 0.5) is 0 Å². The lowest BCUT2D eigenvalue weighted by molar-refractivity contribution is -0.124. The first-order valence-electron chi connectivity index (χ1n) is 5.09.